The highest BCUT2D eigenvalue weighted by molar-refractivity contribution is 9.10. The summed E-state index contributed by atoms with van der Waals surface area (Å²) >= 11 is 3.13. The van der Waals surface area contributed by atoms with E-state index in [1.54, 1.807) is 6.07 Å². The molecule has 0 saturated carbocycles. The molecule has 0 saturated heterocycles. The molecule has 80 valence electrons. The van der Waals surface area contributed by atoms with E-state index < -0.39 is 5.72 Å². The van der Waals surface area contributed by atoms with Gasteiger partial charge in [0, 0.05) is 12.5 Å². The molecule has 0 aliphatic rings. The van der Waals surface area contributed by atoms with Crippen LogP contribution < -0.4 is 5.73 Å². The van der Waals surface area contributed by atoms with Crippen molar-refractivity contribution in [3.8, 4) is 0 Å². The number of rotatable bonds is 2. The number of aromatic nitrogens is 1. The Morgan fingerprint density at radius 1 is 1.57 bits per heavy atom. The molecule has 0 spiro atoms. The summed E-state index contributed by atoms with van der Waals surface area (Å²) in [5.74, 6) is 0.277. The zero-order valence-electron chi connectivity index (χ0n) is 8.54. The maximum Gasteiger partial charge on any atom is 0.184 e. The average molecular weight is 263 g/mol. The van der Waals surface area contributed by atoms with Gasteiger partial charge in [-0.2, -0.15) is 0 Å². The van der Waals surface area contributed by atoms with Gasteiger partial charge >= 0.3 is 0 Å². The molecule has 1 rings (SSSR count). The Morgan fingerprint density at radius 3 is 2.50 bits per heavy atom. The molecule has 1 aromatic rings. The van der Waals surface area contributed by atoms with E-state index in [0.29, 0.717) is 11.0 Å². The molecule has 4 nitrogen and oxygen atoms in total. The first-order chi connectivity index (χ1) is 6.21. The van der Waals surface area contributed by atoms with Gasteiger partial charge in [-0.25, -0.2) is 0 Å². The highest BCUT2D eigenvalue weighted by Crippen LogP contribution is 2.31. The highest BCUT2D eigenvalue weighted by Gasteiger charge is 2.33. The lowest BCUT2D eigenvalue weighted by Gasteiger charge is -2.28. The third kappa shape index (κ3) is 3.08. The zero-order valence-corrected chi connectivity index (χ0v) is 10.1. The third-order valence-electron chi connectivity index (χ3n) is 1.71. The van der Waals surface area contributed by atoms with Crippen LogP contribution in [-0.4, -0.2) is 10.3 Å². The summed E-state index contributed by atoms with van der Waals surface area (Å²) in [6.07, 6.45) is 0.404. The van der Waals surface area contributed by atoms with Crippen molar-refractivity contribution in [3.05, 3.63) is 16.4 Å². The number of nitrogens with zero attached hydrogens (tertiary/aromatic N) is 1. The number of aliphatic hydroxyl groups is 1. The van der Waals surface area contributed by atoms with E-state index in [1.165, 1.54) is 0 Å². The summed E-state index contributed by atoms with van der Waals surface area (Å²) < 4.78 is 5.44. The second-order valence-corrected chi connectivity index (χ2v) is 5.49. The second-order valence-electron chi connectivity index (χ2n) is 4.68. The molecule has 1 unspecified atom stereocenters. The first-order valence-corrected chi connectivity index (χ1v) is 5.14. The molecule has 1 heterocycles. The molecule has 0 amide bonds. The molecule has 1 atom stereocenters. The van der Waals surface area contributed by atoms with Crippen LogP contribution in [0, 0.1) is 5.41 Å². The van der Waals surface area contributed by atoms with Gasteiger partial charge in [-0.15, -0.1) is 0 Å². The highest BCUT2D eigenvalue weighted by atomic mass is 79.9. The zero-order chi connectivity index (χ0) is 11.0. The summed E-state index contributed by atoms with van der Waals surface area (Å²) in [7, 11) is 0. The minimum Gasteiger partial charge on any atom is -0.369 e. The van der Waals surface area contributed by atoms with Gasteiger partial charge in [0.1, 0.15) is 4.60 Å². The minimum absolute atomic E-state index is 0.0806. The fourth-order valence-corrected chi connectivity index (χ4v) is 1.63. The standard InChI is InChI=1S/C9H15BrN2O2/c1-8(2,3)5-9(11,13)6-4-7(10)12-14-6/h4,13H,5,11H2,1-3H3. The van der Waals surface area contributed by atoms with E-state index in [-0.39, 0.29) is 11.2 Å². The van der Waals surface area contributed by atoms with Crippen LogP contribution in [0.1, 0.15) is 33.0 Å². The van der Waals surface area contributed by atoms with Crippen molar-refractivity contribution in [2.24, 2.45) is 11.1 Å². The number of hydrogen-bond donors (Lipinski definition) is 2. The number of halogens is 1. The quantitative estimate of drug-likeness (QED) is 0.800. The molecule has 3 N–H and O–H groups in total. The fraction of sp³-hybridized carbons (Fsp3) is 0.667. The SMILES string of the molecule is CC(C)(C)CC(N)(O)c1cc(Br)no1. The van der Waals surface area contributed by atoms with Crippen molar-refractivity contribution in [2.45, 2.75) is 32.9 Å². The fourth-order valence-electron chi connectivity index (χ4n) is 1.35. The molecule has 0 aliphatic heterocycles. The van der Waals surface area contributed by atoms with Gasteiger partial charge in [-0.05, 0) is 21.3 Å². The van der Waals surface area contributed by atoms with E-state index >= 15 is 0 Å². The average Bonchev–Trinajstić information content (AvgIpc) is 2.29. The molecule has 0 fully saturated rings. The number of hydrogen-bond acceptors (Lipinski definition) is 4. The van der Waals surface area contributed by atoms with E-state index in [0.717, 1.165) is 0 Å². The molecular formula is C9H15BrN2O2. The van der Waals surface area contributed by atoms with E-state index in [4.69, 9.17) is 10.3 Å². The van der Waals surface area contributed by atoms with E-state index in [2.05, 4.69) is 21.1 Å². The van der Waals surface area contributed by atoms with Crippen molar-refractivity contribution < 1.29 is 9.63 Å². The first-order valence-electron chi connectivity index (χ1n) is 4.35. The Morgan fingerprint density at radius 2 is 2.14 bits per heavy atom. The molecular weight excluding hydrogens is 248 g/mol. The Labute approximate surface area is 91.6 Å². The second kappa shape index (κ2) is 3.64. The maximum atomic E-state index is 9.96. The van der Waals surface area contributed by atoms with Crippen molar-refractivity contribution in [1.82, 2.24) is 5.16 Å². The molecule has 0 aromatic carbocycles. The molecule has 0 aliphatic carbocycles. The van der Waals surface area contributed by atoms with Crippen LogP contribution in [0.15, 0.2) is 15.2 Å². The van der Waals surface area contributed by atoms with Crippen molar-refractivity contribution >= 4 is 15.9 Å². The smallest absolute Gasteiger partial charge is 0.184 e. The topological polar surface area (TPSA) is 72.3 Å². The molecule has 1 aromatic heterocycles. The van der Waals surface area contributed by atoms with Crippen LogP contribution in [0.5, 0.6) is 0 Å². The van der Waals surface area contributed by atoms with Crippen LogP contribution >= 0.6 is 15.9 Å². The summed E-state index contributed by atoms with van der Waals surface area (Å²) in [5.41, 5.74) is 4.20. The van der Waals surface area contributed by atoms with Crippen LogP contribution in [0.3, 0.4) is 0 Å². The third-order valence-corrected chi connectivity index (χ3v) is 2.08. The lowest BCUT2D eigenvalue weighted by atomic mass is 9.85. The van der Waals surface area contributed by atoms with Gasteiger partial charge < -0.3 is 9.63 Å². The predicted octanol–water partition coefficient (Wildman–Crippen LogP) is 1.98. The van der Waals surface area contributed by atoms with Gasteiger partial charge in [-0.1, -0.05) is 25.9 Å². The lowest BCUT2D eigenvalue weighted by Crippen LogP contribution is -2.39. The van der Waals surface area contributed by atoms with E-state index in [9.17, 15) is 5.11 Å². The lowest BCUT2D eigenvalue weighted by molar-refractivity contribution is -0.0203. The van der Waals surface area contributed by atoms with E-state index in [1.807, 2.05) is 20.8 Å². The molecule has 5 heteroatoms. The maximum absolute atomic E-state index is 9.96. The molecule has 0 radical (unpaired) electrons. The van der Waals surface area contributed by atoms with Crippen LogP contribution in [0.25, 0.3) is 0 Å². The van der Waals surface area contributed by atoms with Crippen LogP contribution in [0.2, 0.25) is 0 Å². The van der Waals surface area contributed by atoms with Gasteiger partial charge in [0.05, 0.1) is 0 Å². The largest absolute Gasteiger partial charge is 0.369 e. The first kappa shape index (κ1) is 11.7. The number of nitrogens with two attached hydrogens (primary N) is 1. The Bertz CT molecular complexity index is 315. The predicted molar refractivity (Wildman–Crippen MR) is 56.4 cm³/mol. The van der Waals surface area contributed by atoms with Crippen molar-refractivity contribution in [1.29, 1.82) is 0 Å². The van der Waals surface area contributed by atoms with Crippen molar-refractivity contribution in [3.63, 3.8) is 0 Å². The summed E-state index contributed by atoms with van der Waals surface area (Å²) in [6, 6.07) is 1.58. The summed E-state index contributed by atoms with van der Waals surface area (Å²) in [5, 5.41) is 13.6. The molecule has 0 bridgehead atoms. The summed E-state index contributed by atoms with van der Waals surface area (Å²) in [4.78, 5) is 0. The summed E-state index contributed by atoms with van der Waals surface area (Å²) in [6.45, 7) is 5.99. The molecule has 14 heavy (non-hydrogen) atoms. The van der Waals surface area contributed by atoms with Gasteiger partial charge in [0.25, 0.3) is 0 Å². The Kier molecular flexibility index (Phi) is 3.04. The monoisotopic (exact) mass is 262 g/mol. The Balaban J connectivity index is 2.85. The van der Waals surface area contributed by atoms with Crippen molar-refractivity contribution in [2.75, 3.05) is 0 Å². The minimum atomic E-state index is -1.46. The van der Waals surface area contributed by atoms with Crippen LogP contribution in [0.4, 0.5) is 0 Å². The van der Waals surface area contributed by atoms with Gasteiger partial charge in [0.2, 0.25) is 0 Å². The van der Waals surface area contributed by atoms with Gasteiger partial charge in [-0.3, -0.25) is 5.73 Å². The Hall–Kier alpha value is -0.390. The van der Waals surface area contributed by atoms with Crippen LogP contribution in [-0.2, 0) is 5.72 Å². The normalized spacial score (nSPS) is 16.7. The van der Waals surface area contributed by atoms with Gasteiger partial charge in [0.15, 0.2) is 11.5 Å².